The molecule has 12 heteroatoms. The van der Waals surface area contributed by atoms with Gasteiger partial charge in [0, 0.05) is 36.7 Å². The molecule has 2 atom stereocenters. The standard InChI is InChI=1S/C23H20F4N8/c1-2-16-21-33-29-11-35(21)18-17(13-5-6-23(26,27)10-13)31-22(32-19(18)30-16)34-8-7-28-20(34)12-3-4-14(24)15(25)9-12/h3-4,7-9,11,13,16H,2,5-6,10H2,1H3,(H,30,31,32)/t13?,16-/m1/s1. The Morgan fingerprint density at radius 2 is 2.00 bits per heavy atom. The number of nitrogens with zero attached hydrogens (tertiary/aromatic N) is 7. The summed E-state index contributed by atoms with van der Waals surface area (Å²) < 4.78 is 59.2. The number of hydrogen-bond acceptors (Lipinski definition) is 6. The lowest BCUT2D eigenvalue weighted by molar-refractivity contribution is 0.00765. The van der Waals surface area contributed by atoms with Crippen molar-refractivity contribution in [3.8, 4) is 23.0 Å². The summed E-state index contributed by atoms with van der Waals surface area (Å²) in [6.45, 7) is 1.99. The zero-order valence-corrected chi connectivity index (χ0v) is 18.6. The average Bonchev–Trinajstić information content (AvgIpc) is 3.59. The van der Waals surface area contributed by atoms with Crippen LogP contribution in [0.15, 0.2) is 36.9 Å². The van der Waals surface area contributed by atoms with Gasteiger partial charge in [0.2, 0.25) is 11.9 Å². The normalized spacial score (nSPS) is 20.4. The van der Waals surface area contributed by atoms with Crippen molar-refractivity contribution in [2.45, 2.75) is 50.5 Å². The molecule has 3 aromatic heterocycles. The summed E-state index contributed by atoms with van der Waals surface area (Å²) in [5.41, 5.74) is 1.33. The first kappa shape index (κ1) is 21.7. The van der Waals surface area contributed by atoms with Crippen LogP contribution in [0.5, 0.6) is 0 Å². The molecule has 1 aliphatic carbocycles. The van der Waals surface area contributed by atoms with Crippen LogP contribution in [0.1, 0.15) is 56.1 Å². The summed E-state index contributed by atoms with van der Waals surface area (Å²) in [6, 6.07) is 3.28. The van der Waals surface area contributed by atoms with Crippen LogP contribution in [0.3, 0.4) is 0 Å². The van der Waals surface area contributed by atoms with E-state index in [0.29, 0.717) is 40.8 Å². The van der Waals surface area contributed by atoms with Gasteiger partial charge in [0.05, 0.1) is 11.7 Å². The highest BCUT2D eigenvalue weighted by Crippen LogP contribution is 2.47. The zero-order valence-electron chi connectivity index (χ0n) is 18.6. The first-order valence-electron chi connectivity index (χ1n) is 11.3. The average molecular weight is 484 g/mol. The molecule has 1 aromatic carbocycles. The van der Waals surface area contributed by atoms with Gasteiger partial charge in [-0.15, -0.1) is 10.2 Å². The lowest BCUT2D eigenvalue weighted by atomic mass is 10.00. The smallest absolute Gasteiger partial charge is 0.248 e. The van der Waals surface area contributed by atoms with Gasteiger partial charge in [0.25, 0.3) is 0 Å². The van der Waals surface area contributed by atoms with Crippen molar-refractivity contribution < 1.29 is 17.6 Å². The van der Waals surface area contributed by atoms with Gasteiger partial charge in [-0.05, 0) is 31.0 Å². The maximum Gasteiger partial charge on any atom is 0.248 e. The van der Waals surface area contributed by atoms with E-state index in [-0.39, 0.29) is 31.3 Å². The van der Waals surface area contributed by atoms with Crippen molar-refractivity contribution in [3.63, 3.8) is 0 Å². The molecule has 1 saturated carbocycles. The molecule has 4 aromatic rings. The summed E-state index contributed by atoms with van der Waals surface area (Å²) >= 11 is 0. The largest absolute Gasteiger partial charge is 0.358 e. The highest BCUT2D eigenvalue weighted by molar-refractivity contribution is 5.65. The predicted octanol–water partition coefficient (Wildman–Crippen LogP) is 4.97. The fourth-order valence-electron chi connectivity index (χ4n) is 4.86. The van der Waals surface area contributed by atoms with Gasteiger partial charge in [0.15, 0.2) is 23.3 Å². The minimum atomic E-state index is -2.78. The first-order chi connectivity index (χ1) is 16.8. The lowest BCUT2D eigenvalue weighted by Crippen LogP contribution is -2.26. The number of halogens is 4. The number of benzene rings is 1. The maximum atomic E-state index is 14.2. The minimum Gasteiger partial charge on any atom is -0.358 e. The summed E-state index contributed by atoms with van der Waals surface area (Å²) in [6.07, 6.45) is 5.03. The van der Waals surface area contributed by atoms with Gasteiger partial charge < -0.3 is 5.32 Å². The van der Waals surface area contributed by atoms with E-state index in [1.54, 1.807) is 17.1 Å². The van der Waals surface area contributed by atoms with E-state index >= 15 is 0 Å². The third kappa shape index (κ3) is 3.55. The number of imidazole rings is 1. The molecule has 0 spiro atoms. The molecular formula is C23H20F4N8. The highest BCUT2D eigenvalue weighted by Gasteiger charge is 2.43. The topological polar surface area (TPSA) is 86.3 Å². The van der Waals surface area contributed by atoms with Crippen molar-refractivity contribution in [2.75, 3.05) is 5.32 Å². The molecular weight excluding hydrogens is 464 g/mol. The van der Waals surface area contributed by atoms with E-state index < -0.39 is 23.5 Å². The second kappa shape index (κ2) is 7.85. The van der Waals surface area contributed by atoms with Crippen molar-refractivity contribution >= 4 is 5.82 Å². The van der Waals surface area contributed by atoms with E-state index in [1.165, 1.54) is 16.8 Å². The Kier molecular flexibility index (Phi) is 4.87. The van der Waals surface area contributed by atoms with Crippen LogP contribution in [0.4, 0.5) is 23.4 Å². The van der Waals surface area contributed by atoms with Crippen LogP contribution in [0.25, 0.3) is 23.0 Å². The quantitative estimate of drug-likeness (QED) is 0.412. The molecule has 1 N–H and O–H groups in total. The first-order valence-corrected chi connectivity index (χ1v) is 11.3. The van der Waals surface area contributed by atoms with Gasteiger partial charge in [0.1, 0.15) is 17.8 Å². The third-order valence-electron chi connectivity index (χ3n) is 6.57. The lowest BCUT2D eigenvalue weighted by Gasteiger charge is -2.28. The van der Waals surface area contributed by atoms with Gasteiger partial charge in [-0.3, -0.25) is 9.13 Å². The van der Waals surface area contributed by atoms with Crippen LogP contribution in [0, 0.1) is 11.6 Å². The zero-order chi connectivity index (χ0) is 24.3. The van der Waals surface area contributed by atoms with E-state index in [0.717, 1.165) is 12.1 Å². The summed E-state index contributed by atoms with van der Waals surface area (Å²) in [5.74, 6) is -3.67. The van der Waals surface area contributed by atoms with Crippen molar-refractivity contribution in [2.24, 2.45) is 0 Å². The highest BCUT2D eigenvalue weighted by atomic mass is 19.3. The fourth-order valence-corrected chi connectivity index (χ4v) is 4.86. The number of anilines is 1. The molecule has 180 valence electrons. The van der Waals surface area contributed by atoms with Crippen LogP contribution >= 0.6 is 0 Å². The Labute approximate surface area is 197 Å². The van der Waals surface area contributed by atoms with Crippen molar-refractivity contribution in [1.29, 1.82) is 0 Å². The number of alkyl halides is 2. The van der Waals surface area contributed by atoms with Gasteiger partial charge in [-0.2, -0.15) is 4.98 Å². The summed E-state index contributed by atoms with van der Waals surface area (Å²) in [4.78, 5) is 13.7. The molecule has 8 nitrogen and oxygen atoms in total. The van der Waals surface area contributed by atoms with Crippen LogP contribution in [0.2, 0.25) is 0 Å². The number of rotatable bonds is 4. The van der Waals surface area contributed by atoms with Crippen molar-refractivity contribution in [1.82, 2.24) is 34.3 Å². The van der Waals surface area contributed by atoms with E-state index in [2.05, 4.69) is 20.5 Å². The molecule has 0 bridgehead atoms. The van der Waals surface area contributed by atoms with E-state index in [4.69, 9.17) is 9.97 Å². The molecule has 4 heterocycles. The molecule has 0 radical (unpaired) electrons. The van der Waals surface area contributed by atoms with Gasteiger partial charge in [-0.1, -0.05) is 6.92 Å². The molecule has 6 rings (SSSR count). The van der Waals surface area contributed by atoms with E-state index in [1.807, 2.05) is 6.92 Å². The summed E-state index contributed by atoms with van der Waals surface area (Å²) in [7, 11) is 0. The third-order valence-corrected chi connectivity index (χ3v) is 6.57. The SMILES string of the molecule is CC[C@H]1Nc2nc(-n3ccnc3-c3ccc(F)c(F)c3)nc(C3CCC(F)(F)C3)c2-n2cnnc21. The second-order valence-corrected chi connectivity index (χ2v) is 8.82. The number of hydrogen-bond donors (Lipinski definition) is 1. The van der Waals surface area contributed by atoms with Crippen LogP contribution in [-0.2, 0) is 0 Å². The maximum absolute atomic E-state index is 14.2. The monoisotopic (exact) mass is 484 g/mol. The Morgan fingerprint density at radius 3 is 2.74 bits per heavy atom. The Morgan fingerprint density at radius 1 is 1.14 bits per heavy atom. The molecule has 2 aliphatic rings. The van der Waals surface area contributed by atoms with Crippen LogP contribution < -0.4 is 5.32 Å². The minimum absolute atomic E-state index is 0.181. The molecule has 1 aliphatic heterocycles. The van der Waals surface area contributed by atoms with Crippen molar-refractivity contribution in [3.05, 3.63) is 60.1 Å². The molecule has 1 unspecified atom stereocenters. The number of fused-ring (bicyclic) bond motifs is 3. The van der Waals surface area contributed by atoms with Crippen LogP contribution in [-0.4, -0.2) is 40.2 Å². The van der Waals surface area contributed by atoms with Gasteiger partial charge in [-0.25, -0.2) is 27.5 Å². The second-order valence-electron chi connectivity index (χ2n) is 8.82. The van der Waals surface area contributed by atoms with E-state index in [9.17, 15) is 17.6 Å². The number of aromatic nitrogens is 7. The molecule has 35 heavy (non-hydrogen) atoms. The Bertz CT molecular complexity index is 1430. The summed E-state index contributed by atoms with van der Waals surface area (Å²) in [5, 5.41) is 11.6. The molecule has 1 fully saturated rings. The Hall–Kier alpha value is -3.83. The Balaban J connectivity index is 1.54. The molecule has 0 saturated heterocycles. The fraction of sp³-hybridized carbons (Fsp3) is 0.348. The predicted molar refractivity (Wildman–Crippen MR) is 118 cm³/mol. The number of nitrogens with one attached hydrogen (secondary N) is 1. The molecule has 0 amide bonds. The van der Waals surface area contributed by atoms with Gasteiger partial charge >= 0.3 is 0 Å².